The van der Waals surface area contributed by atoms with E-state index in [2.05, 4.69) is 222 Å². The molecule has 0 nitrogen and oxygen atoms in total. The molecule has 9 rings (SSSR count). The van der Waals surface area contributed by atoms with E-state index in [4.69, 9.17) is 11.0 Å². The number of hydrogen-bond acceptors (Lipinski definition) is 0. The fourth-order valence-corrected chi connectivity index (χ4v) is 8.49. The molecular weight excluding hydrogens is 913 g/mol. The van der Waals surface area contributed by atoms with Crippen molar-refractivity contribution in [1.29, 1.82) is 0 Å². The van der Waals surface area contributed by atoms with Crippen molar-refractivity contribution in [2.45, 2.75) is 149 Å². The quantitative estimate of drug-likeness (QED) is 0.165. The second-order valence-electron chi connectivity index (χ2n) is 21.1. The Kier molecular flexibility index (Phi) is 21.8. The molecular formula is C76H94. The molecule has 0 amide bonds. The van der Waals surface area contributed by atoms with E-state index in [1.807, 2.05) is 65.0 Å². The average molecular weight is 1020 g/mol. The summed E-state index contributed by atoms with van der Waals surface area (Å²) in [6.07, 6.45) is 0. The Morgan fingerprint density at radius 2 is 0.724 bits per heavy atom. The molecule has 0 saturated heterocycles. The Labute approximate surface area is 475 Å². The summed E-state index contributed by atoms with van der Waals surface area (Å²) in [6, 6.07) is 64.7. The molecule has 76 heavy (non-hydrogen) atoms. The van der Waals surface area contributed by atoms with Crippen LogP contribution in [-0.4, -0.2) is 0 Å². The molecule has 0 spiro atoms. The average Bonchev–Trinajstić information content (AvgIpc) is 3.30. The fourth-order valence-electron chi connectivity index (χ4n) is 8.49. The Balaban J connectivity index is 0.000000261. The van der Waals surface area contributed by atoms with Gasteiger partial charge in [-0.1, -0.05) is 272 Å². The maximum absolute atomic E-state index is 7.81. The van der Waals surface area contributed by atoms with Gasteiger partial charge in [-0.3, -0.25) is 0 Å². The Morgan fingerprint density at radius 1 is 0.368 bits per heavy atom. The Hall–Kier alpha value is -7.02. The highest BCUT2D eigenvalue weighted by molar-refractivity contribution is 5.78. The van der Waals surface area contributed by atoms with Gasteiger partial charge >= 0.3 is 0 Å². The number of rotatable bonds is 4. The van der Waals surface area contributed by atoms with Crippen molar-refractivity contribution in [1.82, 2.24) is 0 Å². The van der Waals surface area contributed by atoms with Gasteiger partial charge in [-0.05, 0) is 195 Å². The Bertz CT molecular complexity index is 3230. The van der Waals surface area contributed by atoms with Gasteiger partial charge in [-0.15, -0.1) is 0 Å². The van der Waals surface area contributed by atoms with Gasteiger partial charge in [-0.2, -0.15) is 0 Å². The molecule has 0 aromatic heterocycles. The van der Waals surface area contributed by atoms with E-state index in [0.29, 0.717) is 22.6 Å². The zero-order valence-corrected chi connectivity index (χ0v) is 49.5. The van der Waals surface area contributed by atoms with Gasteiger partial charge < -0.3 is 0 Å². The predicted octanol–water partition coefficient (Wildman–Crippen LogP) is 22.4. The summed E-state index contributed by atoms with van der Waals surface area (Å²) in [5.74, 6) is 0.187. The first-order valence-electron chi connectivity index (χ1n) is 30.7. The fraction of sp³-hybridized carbons (Fsp3) is 0.289. The lowest BCUT2D eigenvalue weighted by Gasteiger charge is -2.21. The summed E-state index contributed by atoms with van der Waals surface area (Å²) in [5.41, 5.74) is 22.3. The number of aryl methyl sites for hydroxylation is 7. The van der Waals surface area contributed by atoms with Crippen molar-refractivity contribution in [3.05, 3.63) is 296 Å². The maximum Gasteiger partial charge on any atom is 0.0628 e. The van der Waals surface area contributed by atoms with Gasteiger partial charge in [0.05, 0.1) is 5.48 Å². The van der Waals surface area contributed by atoms with Crippen LogP contribution in [0, 0.1) is 83.0 Å². The van der Waals surface area contributed by atoms with Gasteiger partial charge in [0.2, 0.25) is 0 Å². The molecule has 0 fully saturated rings. The minimum atomic E-state index is -1.98. The van der Waals surface area contributed by atoms with Gasteiger partial charge in [0.25, 0.3) is 0 Å². The molecule has 9 aromatic carbocycles. The van der Waals surface area contributed by atoms with Crippen molar-refractivity contribution >= 4 is 0 Å². The molecule has 0 heteroatoms. The van der Waals surface area contributed by atoms with Crippen LogP contribution in [0.15, 0.2) is 212 Å². The van der Waals surface area contributed by atoms with Gasteiger partial charge in [0.15, 0.2) is 0 Å². The van der Waals surface area contributed by atoms with Crippen molar-refractivity contribution in [3.8, 4) is 22.3 Å². The van der Waals surface area contributed by atoms with Crippen LogP contribution >= 0.6 is 0 Å². The van der Waals surface area contributed by atoms with Crippen LogP contribution in [0.5, 0.6) is 0 Å². The van der Waals surface area contributed by atoms with Crippen LogP contribution in [-0.2, 0) is 5.41 Å². The van der Waals surface area contributed by atoms with Gasteiger partial charge in [0, 0.05) is 5.48 Å². The van der Waals surface area contributed by atoms with E-state index < -0.39 is 12.7 Å². The maximum atomic E-state index is 7.81. The third-order valence-corrected chi connectivity index (χ3v) is 13.3. The first-order valence-corrected chi connectivity index (χ1v) is 26.7. The summed E-state index contributed by atoms with van der Waals surface area (Å²) in [6.45, 7) is 35.1. The van der Waals surface area contributed by atoms with E-state index >= 15 is 0 Å². The summed E-state index contributed by atoms with van der Waals surface area (Å²) < 4.78 is 59.2. The second-order valence-corrected chi connectivity index (χ2v) is 21.1. The molecule has 0 atom stereocenters. The Morgan fingerprint density at radius 3 is 1.07 bits per heavy atom. The van der Waals surface area contributed by atoms with Crippen molar-refractivity contribution in [2.75, 3.05) is 0 Å². The van der Waals surface area contributed by atoms with E-state index in [-0.39, 0.29) is 29.6 Å². The molecule has 0 bridgehead atoms. The molecule has 0 aliphatic rings. The van der Waals surface area contributed by atoms with Crippen LogP contribution in [0.4, 0.5) is 0 Å². The van der Waals surface area contributed by atoms with E-state index in [1.54, 1.807) is 26.0 Å². The normalized spacial score (nSPS) is 12.1. The lowest BCUT2D eigenvalue weighted by atomic mass is 9.84. The van der Waals surface area contributed by atoms with Gasteiger partial charge in [-0.25, -0.2) is 0 Å². The molecule has 9 aromatic rings. The molecule has 0 aliphatic carbocycles. The molecule has 0 radical (unpaired) electrons. The molecule has 0 aliphatic heterocycles. The third kappa shape index (κ3) is 21.7. The smallest absolute Gasteiger partial charge is 0.0622 e. The van der Waals surface area contributed by atoms with Crippen molar-refractivity contribution < 1.29 is 11.0 Å². The van der Waals surface area contributed by atoms with Crippen LogP contribution in [0.25, 0.3) is 22.3 Å². The van der Waals surface area contributed by atoms with Crippen molar-refractivity contribution in [3.63, 3.8) is 0 Å². The molecule has 0 saturated carbocycles. The van der Waals surface area contributed by atoms with Crippen LogP contribution in [0.1, 0.15) is 155 Å². The topological polar surface area (TPSA) is 0 Å². The van der Waals surface area contributed by atoms with Gasteiger partial charge in [0.1, 0.15) is 0 Å². The van der Waals surface area contributed by atoms with Crippen molar-refractivity contribution in [2.24, 2.45) is 0 Å². The second kappa shape index (κ2) is 32.4. The van der Waals surface area contributed by atoms with Crippen LogP contribution < -0.4 is 0 Å². The van der Waals surface area contributed by atoms with E-state index in [1.165, 1.54) is 72.3 Å². The monoisotopic (exact) mass is 1010 g/mol. The zero-order chi connectivity index (χ0) is 63.3. The molecule has 398 valence electrons. The van der Waals surface area contributed by atoms with E-state index in [9.17, 15) is 0 Å². The minimum Gasteiger partial charge on any atom is -0.0622 e. The highest BCUT2D eigenvalue weighted by atomic mass is 14.2. The minimum absolute atomic E-state index is 0.00407. The first kappa shape index (κ1) is 51.1. The summed E-state index contributed by atoms with van der Waals surface area (Å²) >= 11 is 0. The standard InChI is InChI=1S/C19H16.C11H16.2C10H14.2C9H12.C8H10/c1-15-18(16-9-4-2-5-10-16)13-8-14-19(15)17-11-6-3-7-12-17;1-9-7-5-6-8-10(9)11(2,3)4;2*1-8(2)10-7-5-4-6-9(10)3;2*1-7-5-4-6-8(2)9(7)3;1-7-4-3-5-8(2)6-7/h2-14H,1H3;5-8H,1-4H3;2*4-8H,1-3H3;2*4-6H,1-3H3;3-6H,1-2H3/i;;8D;;1D3;;3D,4D,5D,6D. The SMILES string of the molecule is Cc1c(-c2ccccc2)cccc1-c1ccccc1.Cc1cccc(C)c1C.Cc1ccccc1C(C)(C)C.Cc1ccccc1C(C)C.[2H]C(C)(C)c1ccccc1C.[2H]C([2H])([2H])c1cccc(C)c1C.[2H]c1c([2H])c(C)c([2H])c(C)c1[2H]. The summed E-state index contributed by atoms with van der Waals surface area (Å²) in [7, 11) is 0. The zero-order valence-electron chi connectivity index (χ0n) is 57.5. The first-order chi connectivity index (χ1) is 39.2. The molecule has 0 unspecified atom stereocenters. The summed E-state index contributed by atoms with van der Waals surface area (Å²) in [5, 5.41) is 0. The lowest BCUT2D eigenvalue weighted by Crippen LogP contribution is -2.12. The van der Waals surface area contributed by atoms with Crippen LogP contribution in [0.2, 0.25) is 0 Å². The largest absolute Gasteiger partial charge is 0.0628 e. The molecule has 0 heterocycles. The number of benzene rings is 9. The van der Waals surface area contributed by atoms with Crippen LogP contribution in [0.3, 0.4) is 0 Å². The summed E-state index contributed by atoms with van der Waals surface area (Å²) in [4.78, 5) is 0. The highest BCUT2D eigenvalue weighted by Crippen LogP contribution is 2.31. The number of hydrogen-bond donors (Lipinski definition) is 0. The molecule has 0 N–H and O–H groups in total. The predicted molar refractivity (Wildman–Crippen MR) is 340 cm³/mol. The lowest BCUT2D eigenvalue weighted by molar-refractivity contribution is 0.586. The third-order valence-electron chi connectivity index (χ3n) is 13.3. The van der Waals surface area contributed by atoms with E-state index in [0.717, 1.165) is 16.7 Å². The highest BCUT2D eigenvalue weighted by Gasteiger charge is 2.14.